The molecule has 0 bridgehead atoms. The number of ether oxygens (including phenoxy) is 3. The number of esters is 1. The van der Waals surface area contributed by atoms with E-state index in [1.54, 1.807) is 6.07 Å². The Kier molecular flexibility index (Phi) is 5.30. The zero-order valence-electron chi connectivity index (χ0n) is 12.7. The van der Waals surface area contributed by atoms with Gasteiger partial charge in [-0.2, -0.15) is 0 Å². The Hall–Kier alpha value is -2.89. The van der Waals surface area contributed by atoms with E-state index >= 15 is 0 Å². The molecule has 0 aromatic heterocycles. The van der Waals surface area contributed by atoms with Crippen molar-refractivity contribution < 1.29 is 28.2 Å². The second-order valence-corrected chi connectivity index (χ2v) is 4.61. The average Bonchev–Trinajstić information content (AvgIpc) is 2.59. The number of hydrogen-bond acceptors (Lipinski definition) is 5. The summed E-state index contributed by atoms with van der Waals surface area (Å²) >= 11 is 0. The van der Waals surface area contributed by atoms with E-state index in [2.05, 4.69) is 0 Å². The first kappa shape index (κ1) is 16.5. The molecule has 5 nitrogen and oxygen atoms in total. The first-order valence-corrected chi connectivity index (χ1v) is 6.72. The van der Waals surface area contributed by atoms with E-state index in [-0.39, 0.29) is 11.1 Å². The van der Waals surface area contributed by atoms with Crippen LogP contribution in [0.25, 0.3) is 0 Å². The highest BCUT2D eigenvalue weighted by Gasteiger charge is 2.14. The van der Waals surface area contributed by atoms with E-state index < -0.39 is 24.2 Å². The van der Waals surface area contributed by atoms with Gasteiger partial charge in [0.25, 0.3) is 0 Å². The molecule has 0 unspecified atom stereocenters. The number of Topliss-reactive ketones (excluding diaryl/α,β-unsaturated/α-hetero) is 1. The fourth-order valence-electron chi connectivity index (χ4n) is 1.86. The summed E-state index contributed by atoms with van der Waals surface area (Å²) in [6.07, 6.45) is 0. The van der Waals surface area contributed by atoms with Crippen molar-refractivity contribution in [2.45, 2.75) is 0 Å². The molecule has 2 aromatic carbocycles. The van der Waals surface area contributed by atoms with Gasteiger partial charge in [-0.05, 0) is 36.4 Å². The number of methoxy groups -OCH3 is 2. The first-order valence-electron chi connectivity index (χ1n) is 6.72. The third-order valence-electron chi connectivity index (χ3n) is 3.09. The highest BCUT2D eigenvalue weighted by molar-refractivity contribution is 5.99. The van der Waals surface area contributed by atoms with E-state index in [4.69, 9.17) is 14.2 Å². The maximum Gasteiger partial charge on any atom is 0.338 e. The highest BCUT2D eigenvalue weighted by Crippen LogP contribution is 2.23. The van der Waals surface area contributed by atoms with Gasteiger partial charge in [-0.1, -0.05) is 0 Å². The first-order chi connectivity index (χ1) is 11.0. The summed E-state index contributed by atoms with van der Waals surface area (Å²) in [5.41, 5.74) is 0.468. The van der Waals surface area contributed by atoms with Gasteiger partial charge in [-0.25, -0.2) is 9.18 Å². The number of carbonyl (C=O) groups is 2. The van der Waals surface area contributed by atoms with Crippen LogP contribution < -0.4 is 9.47 Å². The maximum atomic E-state index is 12.8. The van der Waals surface area contributed by atoms with E-state index in [0.717, 1.165) is 0 Å². The van der Waals surface area contributed by atoms with Crippen LogP contribution in [0.15, 0.2) is 42.5 Å². The molecule has 0 saturated heterocycles. The van der Waals surface area contributed by atoms with Crippen molar-refractivity contribution in [3.05, 3.63) is 59.4 Å². The van der Waals surface area contributed by atoms with Crippen molar-refractivity contribution in [1.82, 2.24) is 0 Å². The summed E-state index contributed by atoms with van der Waals surface area (Å²) in [5, 5.41) is 0. The minimum Gasteiger partial charge on any atom is -0.497 e. The molecule has 0 fully saturated rings. The molecule has 6 heteroatoms. The molecule has 0 saturated carbocycles. The number of rotatable bonds is 6. The van der Waals surface area contributed by atoms with Gasteiger partial charge >= 0.3 is 5.97 Å². The zero-order valence-corrected chi connectivity index (χ0v) is 12.7. The lowest BCUT2D eigenvalue weighted by Crippen LogP contribution is -2.14. The van der Waals surface area contributed by atoms with Crippen LogP contribution in [0.3, 0.4) is 0 Å². The van der Waals surface area contributed by atoms with Crippen molar-refractivity contribution in [3.63, 3.8) is 0 Å². The summed E-state index contributed by atoms with van der Waals surface area (Å²) in [6, 6.07) is 9.57. The zero-order chi connectivity index (χ0) is 16.8. The molecule has 0 spiro atoms. The Balaban J connectivity index is 2.04. The number of halogens is 1. The molecule has 120 valence electrons. The Morgan fingerprint density at radius 2 is 1.48 bits per heavy atom. The third-order valence-corrected chi connectivity index (χ3v) is 3.09. The molecule has 0 N–H and O–H groups in total. The molecule has 0 heterocycles. The van der Waals surface area contributed by atoms with Gasteiger partial charge in [0.2, 0.25) is 0 Å². The number of ketones is 1. The van der Waals surface area contributed by atoms with Crippen LogP contribution in [0.2, 0.25) is 0 Å². The quantitative estimate of drug-likeness (QED) is 0.605. The van der Waals surface area contributed by atoms with Gasteiger partial charge in [0, 0.05) is 11.6 Å². The van der Waals surface area contributed by atoms with Crippen molar-refractivity contribution >= 4 is 11.8 Å². The molecule has 2 rings (SSSR count). The topological polar surface area (TPSA) is 61.8 Å². The summed E-state index contributed by atoms with van der Waals surface area (Å²) in [6.45, 7) is -0.440. The number of carbonyl (C=O) groups excluding carboxylic acids is 2. The lowest BCUT2D eigenvalue weighted by molar-refractivity contribution is 0.0474. The van der Waals surface area contributed by atoms with Crippen LogP contribution in [0, 0.1) is 5.82 Å². The molecule has 23 heavy (non-hydrogen) atoms. The van der Waals surface area contributed by atoms with Gasteiger partial charge in [0.05, 0.1) is 19.8 Å². The maximum absolute atomic E-state index is 12.8. The molecular weight excluding hydrogens is 303 g/mol. The minimum atomic E-state index is -0.683. The van der Waals surface area contributed by atoms with Crippen LogP contribution >= 0.6 is 0 Å². The third kappa shape index (κ3) is 4.29. The van der Waals surface area contributed by atoms with Crippen LogP contribution in [-0.2, 0) is 4.74 Å². The molecule has 0 atom stereocenters. The van der Waals surface area contributed by atoms with E-state index in [0.29, 0.717) is 11.5 Å². The lowest BCUT2D eigenvalue weighted by atomic mass is 10.1. The minimum absolute atomic E-state index is 0.202. The van der Waals surface area contributed by atoms with Crippen LogP contribution in [0.4, 0.5) is 4.39 Å². The Morgan fingerprint density at radius 1 is 0.913 bits per heavy atom. The molecule has 0 amide bonds. The van der Waals surface area contributed by atoms with Gasteiger partial charge in [-0.3, -0.25) is 4.79 Å². The van der Waals surface area contributed by atoms with Crippen LogP contribution in [-0.4, -0.2) is 32.6 Å². The molecule has 0 aliphatic carbocycles. The van der Waals surface area contributed by atoms with Gasteiger partial charge in [0.15, 0.2) is 12.4 Å². The Morgan fingerprint density at radius 3 is 2.00 bits per heavy atom. The van der Waals surface area contributed by atoms with Crippen molar-refractivity contribution in [2.24, 2.45) is 0 Å². The van der Waals surface area contributed by atoms with Crippen LogP contribution in [0.5, 0.6) is 11.5 Å². The molecule has 0 radical (unpaired) electrons. The second-order valence-electron chi connectivity index (χ2n) is 4.61. The summed E-state index contributed by atoms with van der Waals surface area (Å²) < 4.78 is 27.9. The van der Waals surface area contributed by atoms with Crippen LogP contribution in [0.1, 0.15) is 20.7 Å². The largest absolute Gasteiger partial charge is 0.497 e. The van der Waals surface area contributed by atoms with Gasteiger partial charge in [-0.15, -0.1) is 0 Å². The standard InChI is InChI=1S/C17H15FO5/c1-21-14-7-12(8-15(9-14)22-2)17(20)23-10-16(19)11-3-5-13(18)6-4-11/h3-9H,10H2,1-2H3. The molecular formula is C17H15FO5. The number of hydrogen-bond donors (Lipinski definition) is 0. The average molecular weight is 318 g/mol. The SMILES string of the molecule is COc1cc(OC)cc(C(=O)OCC(=O)c2ccc(F)cc2)c1. The predicted molar refractivity (Wildman–Crippen MR) is 80.6 cm³/mol. The molecule has 0 aliphatic rings. The monoisotopic (exact) mass is 318 g/mol. The Labute approximate surface area is 132 Å². The fraction of sp³-hybridized carbons (Fsp3) is 0.176. The lowest BCUT2D eigenvalue weighted by Gasteiger charge is -2.08. The summed E-state index contributed by atoms with van der Waals surface area (Å²) in [5.74, 6) is -0.685. The van der Waals surface area contributed by atoms with E-state index in [1.807, 2.05) is 0 Å². The van der Waals surface area contributed by atoms with Gasteiger partial charge < -0.3 is 14.2 Å². The van der Waals surface area contributed by atoms with E-state index in [9.17, 15) is 14.0 Å². The predicted octanol–water partition coefficient (Wildman–Crippen LogP) is 2.88. The molecule has 0 aliphatic heterocycles. The summed E-state index contributed by atoms with van der Waals surface area (Å²) in [7, 11) is 2.92. The second kappa shape index (κ2) is 7.40. The Bertz CT molecular complexity index is 687. The number of benzene rings is 2. The summed E-state index contributed by atoms with van der Waals surface area (Å²) in [4.78, 5) is 23.9. The molecule has 2 aromatic rings. The van der Waals surface area contributed by atoms with E-state index in [1.165, 1.54) is 50.6 Å². The van der Waals surface area contributed by atoms with Crippen molar-refractivity contribution in [3.8, 4) is 11.5 Å². The fourth-order valence-corrected chi connectivity index (χ4v) is 1.86. The smallest absolute Gasteiger partial charge is 0.338 e. The van der Waals surface area contributed by atoms with Crippen molar-refractivity contribution in [1.29, 1.82) is 0 Å². The normalized spacial score (nSPS) is 10.0. The van der Waals surface area contributed by atoms with Gasteiger partial charge in [0.1, 0.15) is 17.3 Å². The van der Waals surface area contributed by atoms with Crippen molar-refractivity contribution in [2.75, 3.05) is 20.8 Å². The highest BCUT2D eigenvalue weighted by atomic mass is 19.1.